The first-order chi connectivity index (χ1) is 10.4. The second-order valence-corrected chi connectivity index (χ2v) is 5.73. The normalized spacial score (nSPS) is 16.9. The van der Waals surface area contributed by atoms with Crippen molar-refractivity contribution >= 4 is 5.69 Å². The number of aromatic nitrogens is 1. The van der Waals surface area contributed by atoms with Crippen LogP contribution < -0.4 is 4.90 Å². The summed E-state index contributed by atoms with van der Waals surface area (Å²) < 4.78 is 38.9. The number of hydrogen-bond acceptors (Lipinski definition) is 2. The minimum Gasteiger partial charge on any atom is -0.364 e. The van der Waals surface area contributed by atoms with E-state index in [0.717, 1.165) is 36.6 Å². The molecule has 3 rings (SSSR count). The van der Waals surface area contributed by atoms with Gasteiger partial charge in [0.1, 0.15) is 0 Å². The molecule has 1 aliphatic rings. The van der Waals surface area contributed by atoms with Gasteiger partial charge in [-0.1, -0.05) is 12.1 Å². The fourth-order valence-electron chi connectivity index (χ4n) is 3.11. The van der Waals surface area contributed by atoms with E-state index in [2.05, 4.69) is 9.88 Å². The molecule has 0 spiro atoms. The highest BCUT2D eigenvalue weighted by molar-refractivity contribution is 5.50. The Morgan fingerprint density at radius 3 is 2.45 bits per heavy atom. The summed E-state index contributed by atoms with van der Waals surface area (Å²) in [7, 11) is 1.93. The minimum absolute atomic E-state index is 0.371. The number of alkyl halides is 3. The third-order valence-corrected chi connectivity index (χ3v) is 4.58. The van der Waals surface area contributed by atoms with E-state index in [1.165, 1.54) is 12.1 Å². The minimum atomic E-state index is -4.31. The molecule has 2 aromatic rings. The summed E-state index contributed by atoms with van der Waals surface area (Å²) in [5.74, 6) is 0. The molecule has 22 heavy (non-hydrogen) atoms. The zero-order valence-corrected chi connectivity index (χ0v) is 12.3. The van der Waals surface area contributed by atoms with Crippen LogP contribution in [0.25, 0.3) is 0 Å². The molecular weight excluding hydrogens is 289 g/mol. The number of anilines is 1. The molecule has 0 saturated heterocycles. The number of nitrogens with zero attached hydrogens (tertiary/aromatic N) is 2. The lowest BCUT2D eigenvalue weighted by molar-refractivity contribution is -0.137. The van der Waals surface area contributed by atoms with Crippen LogP contribution in [0.4, 0.5) is 18.9 Å². The van der Waals surface area contributed by atoms with Crippen molar-refractivity contribution in [1.82, 2.24) is 4.98 Å². The number of pyridine rings is 1. The van der Waals surface area contributed by atoms with Crippen LogP contribution >= 0.6 is 0 Å². The number of hydrogen-bond donors (Lipinski definition) is 0. The van der Waals surface area contributed by atoms with Gasteiger partial charge in [-0.05, 0) is 49.1 Å². The standard InChI is InChI=1S/C17H17F3N2/c1-22(15-7-3-10-21-12-15)16(8-4-9-16)13-5-2-6-14(11-13)17(18,19)20/h2-3,5-7,10-12H,4,8-9H2,1H3. The van der Waals surface area contributed by atoms with Crippen LogP contribution in [-0.4, -0.2) is 12.0 Å². The van der Waals surface area contributed by atoms with Crippen molar-refractivity contribution in [2.75, 3.05) is 11.9 Å². The Labute approximate surface area is 127 Å². The Bertz CT molecular complexity index is 648. The maximum Gasteiger partial charge on any atom is 0.416 e. The summed E-state index contributed by atoms with van der Waals surface area (Å²) in [6, 6.07) is 9.47. The molecular formula is C17H17F3N2. The largest absolute Gasteiger partial charge is 0.416 e. The first kappa shape index (κ1) is 14.9. The molecule has 1 saturated carbocycles. The molecule has 1 heterocycles. The van der Waals surface area contributed by atoms with Gasteiger partial charge in [0.05, 0.1) is 23.0 Å². The third-order valence-electron chi connectivity index (χ3n) is 4.58. The zero-order chi connectivity index (χ0) is 15.8. The van der Waals surface area contributed by atoms with Crippen molar-refractivity contribution in [2.45, 2.75) is 31.0 Å². The van der Waals surface area contributed by atoms with Crippen LogP contribution in [0.3, 0.4) is 0 Å². The molecule has 0 amide bonds. The lowest BCUT2D eigenvalue weighted by atomic mass is 9.70. The molecule has 116 valence electrons. The average Bonchev–Trinajstić information content (AvgIpc) is 2.46. The van der Waals surface area contributed by atoms with Crippen molar-refractivity contribution in [3.8, 4) is 0 Å². The third kappa shape index (κ3) is 2.45. The van der Waals surface area contributed by atoms with Gasteiger partial charge in [0, 0.05) is 13.2 Å². The van der Waals surface area contributed by atoms with Crippen LogP contribution in [0.2, 0.25) is 0 Å². The molecule has 0 atom stereocenters. The smallest absolute Gasteiger partial charge is 0.364 e. The molecule has 0 unspecified atom stereocenters. The van der Waals surface area contributed by atoms with Crippen molar-refractivity contribution in [3.63, 3.8) is 0 Å². The first-order valence-corrected chi connectivity index (χ1v) is 7.25. The Morgan fingerprint density at radius 2 is 1.91 bits per heavy atom. The molecule has 0 aliphatic heterocycles. The van der Waals surface area contributed by atoms with Gasteiger partial charge >= 0.3 is 6.18 Å². The topological polar surface area (TPSA) is 16.1 Å². The molecule has 0 radical (unpaired) electrons. The van der Waals surface area contributed by atoms with E-state index >= 15 is 0 Å². The van der Waals surface area contributed by atoms with Crippen molar-refractivity contribution < 1.29 is 13.2 Å². The number of benzene rings is 1. The maximum absolute atomic E-state index is 13.0. The Morgan fingerprint density at radius 1 is 1.14 bits per heavy atom. The van der Waals surface area contributed by atoms with Crippen LogP contribution in [0.15, 0.2) is 48.8 Å². The van der Waals surface area contributed by atoms with Gasteiger partial charge < -0.3 is 4.90 Å². The number of rotatable bonds is 3. The van der Waals surface area contributed by atoms with E-state index in [1.807, 2.05) is 19.2 Å². The summed E-state index contributed by atoms with van der Waals surface area (Å²) in [5.41, 5.74) is 0.681. The van der Waals surface area contributed by atoms with Crippen molar-refractivity contribution in [3.05, 3.63) is 59.9 Å². The predicted molar refractivity (Wildman–Crippen MR) is 79.6 cm³/mol. The highest BCUT2D eigenvalue weighted by Crippen LogP contribution is 2.48. The van der Waals surface area contributed by atoms with Gasteiger partial charge in [-0.15, -0.1) is 0 Å². The quantitative estimate of drug-likeness (QED) is 0.823. The van der Waals surface area contributed by atoms with Gasteiger partial charge in [0.25, 0.3) is 0 Å². The van der Waals surface area contributed by atoms with Crippen molar-refractivity contribution in [2.24, 2.45) is 0 Å². The second-order valence-electron chi connectivity index (χ2n) is 5.73. The molecule has 0 N–H and O–H groups in total. The van der Waals surface area contributed by atoms with Gasteiger partial charge in [-0.3, -0.25) is 4.98 Å². The highest BCUT2D eigenvalue weighted by atomic mass is 19.4. The Kier molecular flexibility index (Phi) is 3.59. The van der Waals surface area contributed by atoms with E-state index in [4.69, 9.17) is 0 Å². The Hall–Kier alpha value is -2.04. The van der Waals surface area contributed by atoms with E-state index in [1.54, 1.807) is 18.5 Å². The molecule has 1 aromatic heterocycles. The van der Waals surface area contributed by atoms with Crippen LogP contribution in [0, 0.1) is 0 Å². The summed E-state index contributed by atoms with van der Waals surface area (Å²) in [4.78, 5) is 6.16. The summed E-state index contributed by atoms with van der Waals surface area (Å²) in [6.07, 6.45) is 1.83. The molecule has 5 heteroatoms. The average molecular weight is 306 g/mol. The highest BCUT2D eigenvalue weighted by Gasteiger charge is 2.43. The summed E-state index contributed by atoms with van der Waals surface area (Å²) >= 11 is 0. The van der Waals surface area contributed by atoms with E-state index in [-0.39, 0.29) is 5.54 Å². The van der Waals surface area contributed by atoms with Gasteiger partial charge in [0.2, 0.25) is 0 Å². The molecule has 0 bridgehead atoms. The van der Waals surface area contributed by atoms with Gasteiger partial charge in [-0.25, -0.2) is 0 Å². The van der Waals surface area contributed by atoms with Gasteiger partial charge in [0.15, 0.2) is 0 Å². The molecule has 1 fully saturated rings. The first-order valence-electron chi connectivity index (χ1n) is 7.25. The van der Waals surface area contributed by atoms with Gasteiger partial charge in [-0.2, -0.15) is 13.2 Å². The van der Waals surface area contributed by atoms with E-state index in [9.17, 15) is 13.2 Å². The number of halogens is 3. The van der Waals surface area contributed by atoms with Crippen LogP contribution in [0.5, 0.6) is 0 Å². The fraction of sp³-hybridized carbons (Fsp3) is 0.353. The van der Waals surface area contributed by atoms with E-state index < -0.39 is 11.7 Å². The Balaban J connectivity index is 2.00. The lowest BCUT2D eigenvalue weighted by Gasteiger charge is -2.50. The monoisotopic (exact) mass is 306 g/mol. The van der Waals surface area contributed by atoms with E-state index in [0.29, 0.717) is 0 Å². The molecule has 2 nitrogen and oxygen atoms in total. The SMILES string of the molecule is CN(c1cccnc1)C1(c2cccc(C(F)(F)F)c2)CCC1. The maximum atomic E-state index is 13.0. The fourth-order valence-corrected chi connectivity index (χ4v) is 3.11. The molecule has 1 aliphatic carbocycles. The summed E-state index contributed by atoms with van der Waals surface area (Å²) in [6.45, 7) is 0. The zero-order valence-electron chi connectivity index (χ0n) is 12.3. The predicted octanol–water partition coefficient (Wildman–Crippen LogP) is 4.62. The molecule has 1 aromatic carbocycles. The summed E-state index contributed by atoms with van der Waals surface area (Å²) in [5, 5.41) is 0. The van der Waals surface area contributed by atoms with Crippen molar-refractivity contribution in [1.29, 1.82) is 0 Å². The van der Waals surface area contributed by atoms with Crippen LogP contribution in [0.1, 0.15) is 30.4 Å². The lowest BCUT2D eigenvalue weighted by Crippen LogP contribution is -2.49. The van der Waals surface area contributed by atoms with Crippen LogP contribution in [-0.2, 0) is 11.7 Å². The second kappa shape index (κ2) is 5.30.